The van der Waals surface area contributed by atoms with Gasteiger partial charge >= 0.3 is 0 Å². The molecule has 0 amide bonds. The monoisotopic (exact) mass is 233 g/mol. The van der Waals surface area contributed by atoms with E-state index >= 15 is 0 Å². The van der Waals surface area contributed by atoms with Gasteiger partial charge in [0.05, 0.1) is 11.4 Å². The fraction of sp³-hybridized carbons (Fsp3) is 0.643. The lowest BCUT2D eigenvalue weighted by atomic mass is 9.86. The van der Waals surface area contributed by atoms with Gasteiger partial charge in [-0.2, -0.15) is 0 Å². The lowest BCUT2D eigenvalue weighted by Gasteiger charge is -2.42. The van der Waals surface area contributed by atoms with Gasteiger partial charge in [-0.15, -0.1) is 0 Å². The van der Waals surface area contributed by atoms with Crippen LogP contribution in [0.5, 0.6) is 0 Å². The number of nitrogen functional groups attached to an aromatic ring is 1. The highest BCUT2D eigenvalue weighted by atomic mass is 15.2. The van der Waals surface area contributed by atoms with Crippen LogP contribution in [0.2, 0.25) is 0 Å². The Kier molecular flexibility index (Phi) is 3.27. The molecule has 94 valence electrons. The SMILES string of the molecule is Cc1nc(N2CC(C)CC(C)C2C)ccc1N. The third-order valence-corrected chi connectivity index (χ3v) is 4.00. The molecule has 0 aromatic carbocycles. The summed E-state index contributed by atoms with van der Waals surface area (Å²) in [6.45, 7) is 10.0. The van der Waals surface area contributed by atoms with Gasteiger partial charge in [-0.3, -0.25) is 0 Å². The molecule has 3 unspecified atom stereocenters. The van der Waals surface area contributed by atoms with E-state index in [1.165, 1.54) is 6.42 Å². The van der Waals surface area contributed by atoms with Crippen LogP contribution in [0.3, 0.4) is 0 Å². The summed E-state index contributed by atoms with van der Waals surface area (Å²) in [6, 6.07) is 4.57. The molecule has 3 nitrogen and oxygen atoms in total. The highest BCUT2D eigenvalue weighted by molar-refractivity contribution is 5.51. The zero-order valence-electron chi connectivity index (χ0n) is 11.3. The Labute approximate surface area is 104 Å². The average Bonchev–Trinajstić information content (AvgIpc) is 2.27. The fourth-order valence-electron chi connectivity index (χ4n) is 2.74. The van der Waals surface area contributed by atoms with Gasteiger partial charge in [0.25, 0.3) is 0 Å². The summed E-state index contributed by atoms with van der Waals surface area (Å²) < 4.78 is 0. The second-order valence-corrected chi connectivity index (χ2v) is 5.56. The van der Waals surface area contributed by atoms with Crippen LogP contribution in [0.1, 0.15) is 32.9 Å². The summed E-state index contributed by atoms with van der Waals surface area (Å²) in [5.74, 6) is 2.53. The van der Waals surface area contributed by atoms with Crippen LogP contribution >= 0.6 is 0 Å². The van der Waals surface area contributed by atoms with E-state index in [0.29, 0.717) is 6.04 Å². The van der Waals surface area contributed by atoms with Crippen molar-refractivity contribution >= 4 is 11.5 Å². The number of anilines is 2. The van der Waals surface area contributed by atoms with E-state index in [2.05, 4.69) is 30.7 Å². The van der Waals surface area contributed by atoms with Gasteiger partial charge in [0.15, 0.2) is 0 Å². The van der Waals surface area contributed by atoms with Gasteiger partial charge in [0.1, 0.15) is 5.82 Å². The first kappa shape index (κ1) is 12.2. The topological polar surface area (TPSA) is 42.2 Å². The Bertz CT molecular complexity index is 402. The lowest BCUT2D eigenvalue weighted by Crippen LogP contribution is -2.46. The summed E-state index contributed by atoms with van der Waals surface area (Å²) in [7, 11) is 0. The van der Waals surface area contributed by atoms with Gasteiger partial charge in [0.2, 0.25) is 0 Å². The number of nitrogens with two attached hydrogens (primary N) is 1. The molecule has 0 spiro atoms. The van der Waals surface area contributed by atoms with Crippen LogP contribution in [0.4, 0.5) is 11.5 Å². The largest absolute Gasteiger partial charge is 0.397 e. The molecule has 1 aliphatic rings. The molecule has 17 heavy (non-hydrogen) atoms. The molecule has 1 aromatic heterocycles. The molecular weight excluding hydrogens is 210 g/mol. The lowest BCUT2D eigenvalue weighted by molar-refractivity contribution is 0.295. The molecule has 1 aliphatic heterocycles. The van der Waals surface area contributed by atoms with E-state index in [1.807, 2.05) is 19.1 Å². The second-order valence-electron chi connectivity index (χ2n) is 5.56. The highest BCUT2D eigenvalue weighted by Gasteiger charge is 2.29. The Morgan fingerprint density at radius 2 is 2.00 bits per heavy atom. The first-order chi connectivity index (χ1) is 7.99. The van der Waals surface area contributed by atoms with Gasteiger partial charge in [-0.25, -0.2) is 4.98 Å². The third kappa shape index (κ3) is 2.38. The highest BCUT2D eigenvalue weighted by Crippen LogP contribution is 2.30. The normalized spacial score (nSPS) is 29.4. The zero-order valence-corrected chi connectivity index (χ0v) is 11.3. The van der Waals surface area contributed by atoms with E-state index in [1.54, 1.807) is 0 Å². The van der Waals surface area contributed by atoms with Crippen molar-refractivity contribution in [1.29, 1.82) is 0 Å². The standard InChI is InChI=1S/C14H23N3/c1-9-7-10(2)12(4)17(8-9)14-6-5-13(15)11(3)16-14/h5-6,9-10,12H,7-8,15H2,1-4H3. The zero-order chi connectivity index (χ0) is 12.6. The van der Waals surface area contributed by atoms with Gasteiger partial charge in [-0.1, -0.05) is 13.8 Å². The van der Waals surface area contributed by atoms with E-state index < -0.39 is 0 Å². The van der Waals surface area contributed by atoms with E-state index in [4.69, 9.17) is 5.73 Å². The van der Waals surface area contributed by atoms with Crippen LogP contribution in [0.15, 0.2) is 12.1 Å². The number of hydrogen-bond acceptors (Lipinski definition) is 3. The summed E-state index contributed by atoms with van der Waals surface area (Å²) in [5, 5.41) is 0. The van der Waals surface area contributed by atoms with E-state index in [-0.39, 0.29) is 0 Å². The van der Waals surface area contributed by atoms with Crippen molar-refractivity contribution in [2.45, 2.75) is 40.2 Å². The Morgan fingerprint density at radius 1 is 1.29 bits per heavy atom. The summed E-state index contributed by atoms with van der Waals surface area (Å²) in [6.07, 6.45) is 1.31. The predicted octanol–water partition coefficient (Wildman–Crippen LogP) is 2.84. The van der Waals surface area contributed by atoms with Crippen molar-refractivity contribution in [3.8, 4) is 0 Å². The van der Waals surface area contributed by atoms with Crippen molar-refractivity contribution in [2.24, 2.45) is 11.8 Å². The number of piperidine rings is 1. The van der Waals surface area contributed by atoms with Crippen molar-refractivity contribution < 1.29 is 0 Å². The third-order valence-electron chi connectivity index (χ3n) is 4.00. The molecular formula is C14H23N3. The second kappa shape index (κ2) is 4.55. The molecule has 2 heterocycles. The van der Waals surface area contributed by atoms with Crippen molar-refractivity contribution in [2.75, 3.05) is 17.2 Å². The molecule has 2 rings (SSSR count). The molecule has 1 fully saturated rings. The molecule has 0 bridgehead atoms. The molecule has 0 saturated carbocycles. The number of pyridine rings is 1. The average molecular weight is 233 g/mol. The first-order valence-corrected chi connectivity index (χ1v) is 6.48. The fourth-order valence-corrected chi connectivity index (χ4v) is 2.74. The number of nitrogens with zero attached hydrogens (tertiary/aromatic N) is 2. The maximum Gasteiger partial charge on any atom is 0.129 e. The quantitative estimate of drug-likeness (QED) is 0.811. The van der Waals surface area contributed by atoms with Crippen molar-refractivity contribution in [3.05, 3.63) is 17.8 Å². The van der Waals surface area contributed by atoms with Crippen LogP contribution in [0, 0.1) is 18.8 Å². The minimum absolute atomic E-state index is 0.557. The van der Waals surface area contributed by atoms with Gasteiger partial charge in [0, 0.05) is 12.6 Å². The minimum Gasteiger partial charge on any atom is -0.397 e. The molecule has 3 heteroatoms. The summed E-state index contributed by atoms with van der Waals surface area (Å²) in [5.41, 5.74) is 7.53. The Morgan fingerprint density at radius 3 is 2.65 bits per heavy atom. The van der Waals surface area contributed by atoms with Crippen LogP contribution in [0.25, 0.3) is 0 Å². The van der Waals surface area contributed by atoms with E-state index in [0.717, 1.165) is 35.6 Å². The molecule has 1 saturated heterocycles. The van der Waals surface area contributed by atoms with E-state index in [9.17, 15) is 0 Å². The van der Waals surface area contributed by atoms with Crippen molar-refractivity contribution in [1.82, 2.24) is 4.98 Å². The maximum absolute atomic E-state index is 5.83. The molecule has 1 aromatic rings. The molecule has 0 radical (unpaired) electrons. The van der Waals surface area contributed by atoms with Gasteiger partial charge in [-0.05, 0) is 44.2 Å². The van der Waals surface area contributed by atoms with Crippen LogP contribution < -0.4 is 10.6 Å². The number of aromatic nitrogens is 1. The summed E-state index contributed by atoms with van der Waals surface area (Å²) >= 11 is 0. The van der Waals surface area contributed by atoms with Gasteiger partial charge < -0.3 is 10.6 Å². The van der Waals surface area contributed by atoms with Crippen LogP contribution in [-0.2, 0) is 0 Å². The molecule has 2 N–H and O–H groups in total. The Balaban J connectivity index is 2.28. The van der Waals surface area contributed by atoms with Crippen LogP contribution in [-0.4, -0.2) is 17.6 Å². The minimum atomic E-state index is 0.557. The number of rotatable bonds is 1. The maximum atomic E-state index is 5.83. The number of aryl methyl sites for hydroxylation is 1. The van der Waals surface area contributed by atoms with Crippen molar-refractivity contribution in [3.63, 3.8) is 0 Å². The predicted molar refractivity (Wildman–Crippen MR) is 73.1 cm³/mol. The molecule has 3 atom stereocenters. The summed E-state index contributed by atoms with van der Waals surface area (Å²) in [4.78, 5) is 7.04. The first-order valence-electron chi connectivity index (χ1n) is 6.48. The number of hydrogen-bond donors (Lipinski definition) is 1. The Hall–Kier alpha value is -1.25. The smallest absolute Gasteiger partial charge is 0.129 e. The molecule has 0 aliphatic carbocycles.